The molecule has 0 atom stereocenters. The summed E-state index contributed by atoms with van der Waals surface area (Å²) in [6, 6.07) is 25.4. The first-order chi connectivity index (χ1) is 13.7. The van der Waals surface area contributed by atoms with E-state index in [1.54, 1.807) is 17.6 Å². The molecular weight excluding hydrogens is 409 g/mol. The molecule has 0 unspecified atom stereocenters. The molecular formula is C22H15Cl2N3S. The third-order valence-electron chi connectivity index (χ3n) is 4.02. The van der Waals surface area contributed by atoms with Gasteiger partial charge in [0.1, 0.15) is 0 Å². The molecule has 0 bridgehead atoms. The minimum atomic E-state index is 0.699. The molecule has 4 rings (SSSR count). The van der Waals surface area contributed by atoms with Crippen molar-refractivity contribution in [2.75, 3.05) is 5.43 Å². The van der Waals surface area contributed by atoms with Gasteiger partial charge in [0, 0.05) is 15.6 Å². The molecule has 0 saturated heterocycles. The third kappa shape index (κ3) is 4.42. The highest BCUT2D eigenvalue weighted by atomic mass is 35.5. The molecule has 0 amide bonds. The van der Waals surface area contributed by atoms with Gasteiger partial charge in [-0.25, -0.2) is 4.98 Å². The normalized spacial score (nSPS) is 11.1. The fourth-order valence-corrected chi connectivity index (χ4v) is 3.86. The van der Waals surface area contributed by atoms with Crippen molar-refractivity contribution in [3.8, 4) is 21.7 Å². The average Bonchev–Trinajstić information content (AvgIpc) is 3.15. The highest BCUT2D eigenvalue weighted by Crippen LogP contribution is 2.39. The van der Waals surface area contributed by atoms with Crippen LogP contribution >= 0.6 is 34.5 Å². The van der Waals surface area contributed by atoms with Gasteiger partial charge < -0.3 is 0 Å². The van der Waals surface area contributed by atoms with Gasteiger partial charge in [0.25, 0.3) is 0 Å². The van der Waals surface area contributed by atoms with E-state index in [1.807, 2.05) is 66.7 Å². The highest BCUT2D eigenvalue weighted by molar-refractivity contribution is 7.19. The summed E-state index contributed by atoms with van der Waals surface area (Å²) in [7, 11) is 0. The second-order valence-corrected chi connectivity index (χ2v) is 7.86. The van der Waals surface area contributed by atoms with Gasteiger partial charge in [-0.1, -0.05) is 89.1 Å². The molecule has 0 aliphatic heterocycles. The minimum Gasteiger partial charge on any atom is -0.253 e. The monoisotopic (exact) mass is 423 g/mol. The van der Waals surface area contributed by atoms with Crippen molar-refractivity contribution in [2.24, 2.45) is 5.10 Å². The van der Waals surface area contributed by atoms with E-state index in [4.69, 9.17) is 28.2 Å². The molecule has 0 radical (unpaired) electrons. The van der Waals surface area contributed by atoms with E-state index < -0.39 is 0 Å². The molecule has 3 nitrogen and oxygen atoms in total. The van der Waals surface area contributed by atoms with Gasteiger partial charge in [0.15, 0.2) is 0 Å². The van der Waals surface area contributed by atoms with Crippen LogP contribution < -0.4 is 5.43 Å². The first-order valence-corrected chi connectivity index (χ1v) is 10.1. The fraction of sp³-hybridized carbons (Fsp3) is 0. The van der Waals surface area contributed by atoms with Crippen molar-refractivity contribution < 1.29 is 0 Å². The lowest BCUT2D eigenvalue weighted by Crippen LogP contribution is -1.90. The Morgan fingerprint density at radius 1 is 0.786 bits per heavy atom. The number of rotatable bonds is 5. The molecule has 4 aromatic rings. The fourth-order valence-electron chi connectivity index (χ4n) is 2.67. The lowest BCUT2D eigenvalue weighted by Gasteiger charge is -2.02. The van der Waals surface area contributed by atoms with E-state index in [1.165, 1.54) is 0 Å². The lowest BCUT2D eigenvalue weighted by atomic mass is 10.1. The SMILES string of the molecule is Clc1ccc(/C=N\Nc2nc(-c3ccccc3)c(-c3ccc(Cl)cc3)s2)cc1. The van der Waals surface area contributed by atoms with Crippen LogP contribution in [0.25, 0.3) is 21.7 Å². The van der Waals surface area contributed by atoms with Gasteiger partial charge in [0.2, 0.25) is 5.13 Å². The molecule has 1 aromatic heterocycles. The maximum Gasteiger partial charge on any atom is 0.204 e. The van der Waals surface area contributed by atoms with Gasteiger partial charge >= 0.3 is 0 Å². The molecule has 138 valence electrons. The van der Waals surface area contributed by atoms with Crippen LogP contribution in [0.3, 0.4) is 0 Å². The largest absolute Gasteiger partial charge is 0.253 e. The molecule has 0 aliphatic carbocycles. The molecule has 6 heteroatoms. The summed E-state index contributed by atoms with van der Waals surface area (Å²) in [5, 5.41) is 6.43. The number of thiazole rings is 1. The number of nitrogens with zero attached hydrogens (tertiary/aromatic N) is 2. The van der Waals surface area contributed by atoms with Crippen LogP contribution in [-0.2, 0) is 0 Å². The van der Waals surface area contributed by atoms with Gasteiger partial charge in [-0.05, 0) is 35.4 Å². The van der Waals surface area contributed by atoms with E-state index >= 15 is 0 Å². The minimum absolute atomic E-state index is 0.699. The number of halogens is 2. The Balaban J connectivity index is 1.65. The van der Waals surface area contributed by atoms with Crippen LogP contribution in [0.15, 0.2) is 84.0 Å². The van der Waals surface area contributed by atoms with E-state index in [2.05, 4.69) is 22.7 Å². The van der Waals surface area contributed by atoms with E-state index in [0.717, 1.165) is 27.3 Å². The Labute approximate surface area is 177 Å². The summed E-state index contributed by atoms with van der Waals surface area (Å²) < 4.78 is 0. The molecule has 28 heavy (non-hydrogen) atoms. The number of benzene rings is 3. The molecule has 1 N–H and O–H groups in total. The van der Waals surface area contributed by atoms with Crippen molar-refractivity contribution in [3.63, 3.8) is 0 Å². The summed E-state index contributed by atoms with van der Waals surface area (Å²) in [6.07, 6.45) is 1.74. The first kappa shape index (κ1) is 18.7. The maximum absolute atomic E-state index is 6.05. The lowest BCUT2D eigenvalue weighted by molar-refractivity contribution is 1.29. The topological polar surface area (TPSA) is 37.3 Å². The Kier molecular flexibility index (Phi) is 5.72. The number of hydrogen-bond donors (Lipinski definition) is 1. The Morgan fingerprint density at radius 3 is 2.11 bits per heavy atom. The van der Waals surface area contributed by atoms with Crippen molar-refractivity contribution in [1.29, 1.82) is 0 Å². The van der Waals surface area contributed by atoms with Crippen molar-refractivity contribution >= 4 is 45.9 Å². The Morgan fingerprint density at radius 2 is 1.43 bits per heavy atom. The van der Waals surface area contributed by atoms with Gasteiger partial charge in [-0.2, -0.15) is 5.10 Å². The highest BCUT2D eigenvalue weighted by Gasteiger charge is 2.14. The predicted octanol–water partition coefficient (Wildman–Crippen LogP) is 7.23. The van der Waals surface area contributed by atoms with Crippen LogP contribution in [-0.4, -0.2) is 11.2 Å². The van der Waals surface area contributed by atoms with Crippen molar-refractivity contribution in [3.05, 3.63) is 94.5 Å². The second-order valence-electron chi connectivity index (χ2n) is 5.99. The van der Waals surface area contributed by atoms with Crippen molar-refractivity contribution in [2.45, 2.75) is 0 Å². The van der Waals surface area contributed by atoms with E-state index in [9.17, 15) is 0 Å². The Hall–Kier alpha value is -2.66. The molecule has 0 aliphatic rings. The summed E-state index contributed by atoms with van der Waals surface area (Å²) in [4.78, 5) is 5.83. The zero-order valence-corrected chi connectivity index (χ0v) is 17.0. The zero-order valence-electron chi connectivity index (χ0n) is 14.6. The van der Waals surface area contributed by atoms with Gasteiger partial charge in [-0.3, -0.25) is 5.43 Å². The van der Waals surface area contributed by atoms with Crippen molar-refractivity contribution in [1.82, 2.24) is 4.98 Å². The number of aromatic nitrogens is 1. The van der Waals surface area contributed by atoms with Crippen LogP contribution in [0.5, 0.6) is 0 Å². The third-order valence-corrected chi connectivity index (χ3v) is 5.54. The van der Waals surface area contributed by atoms with Gasteiger partial charge in [-0.15, -0.1) is 0 Å². The Bertz CT molecular complexity index is 1090. The van der Waals surface area contributed by atoms with Crippen LogP contribution in [0.4, 0.5) is 5.13 Å². The average molecular weight is 424 g/mol. The molecule has 3 aromatic carbocycles. The van der Waals surface area contributed by atoms with E-state index in [0.29, 0.717) is 15.2 Å². The molecule has 0 fully saturated rings. The first-order valence-electron chi connectivity index (χ1n) is 8.56. The number of anilines is 1. The van der Waals surface area contributed by atoms with Gasteiger partial charge in [0.05, 0.1) is 16.8 Å². The predicted molar refractivity (Wildman–Crippen MR) is 121 cm³/mol. The summed E-state index contributed by atoms with van der Waals surface area (Å²) in [5.74, 6) is 0. The van der Waals surface area contributed by atoms with Crippen LogP contribution in [0, 0.1) is 0 Å². The van der Waals surface area contributed by atoms with E-state index in [-0.39, 0.29) is 0 Å². The number of hydrazone groups is 1. The smallest absolute Gasteiger partial charge is 0.204 e. The molecule has 0 spiro atoms. The zero-order chi connectivity index (χ0) is 19.3. The molecule has 0 saturated carbocycles. The quantitative estimate of drug-likeness (QED) is 0.271. The number of nitrogens with one attached hydrogen (secondary N) is 1. The van der Waals surface area contributed by atoms with Crippen LogP contribution in [0.1, 0.15) is 5.56 Å². The number of hydrogen-bond acceptors (Lipinski definition) is 4. The summed E-state index contributed by atoms with van der Waals surface area (Å²) >= 11 is 13.5. The standard InChI is InChI=1S/C22H15Cl2N3S/c23-18-10-6-15(7-11-18)14-25-27-22-26-20(16-4-2-1-3-5-16)21(28-22)17-8-12-19(24)13-9-17/h1-14H,(H,26,27)/b25-14-. The van der Waals surface area contributed by atoms with Crippen LogP contribution in [0.2, 0.25) is 10.0 Å². The maximum atomic E-state index is 6.05. The second kappa shape index (κ2) is 8.57. The molecule has 1 heterocycles. The summed E-state index contributed by atoms with van der Waals surface area (Å²) in [6.45, 7) is 0. The summed E-state index contributed by atoms with van der Waals surface area (Å²) in [5.41, 5.74) is 7.02.